The van der Waals surface area contributed by atoms with Crippen molar-refractivity contribution in [2.24, 2.45) is 11.7 Å². The molecule has 2 aliphatic rings. The highest BCUT2D eigenvalue weighted by Crippen LogP contribution is 2.17. The minimum absolute atomic E-state index is 0. The monoisotopic (exact) mass is 456 g/mol. The minimum Gasteiger partial charge on any atom is -0.381 e. The van der Waals surface area contributed by atoms with E-state index in [1.54, 1.807) is 12.4 Å². The molecule has 2 saturated heterocycles. The first-order chi connectivity index (χ1) is 12.2. The van der Waals surface area contributed by atoms with Gasteiger partial charge in [0.15, 0.2) is 0 Å². The molecule has 0 aliphatic carbocycles. The molecule has 0 radical (unpaired) electrons. The number of ether oxygens (including phenoxy) is 1. The Morgan fingerprint density at radius 2 is 1.75 bits per heavy atom. The molecule has 2 fully saturated rings. The highest BCUT2D eigenvalue weighted by atomic mass is 35.5. The Hall–Kier alpha value is -0.900. The fourth-order valence-corrected chi connectivity index (χ4v) is 3.37. The van der Waals surface area contributed by atoms with Gasteiger partial charge in [-0.1, -0.05) is 0 Å². The Bertz CT molecular complexity index is 543. The second-order valence-electron chi connectivity index (χ2n) is 6.64. The van der Waals surface area contributed by atoms with E-state index in [1.165, 1.54) is 0 Å². The number of hydrogen-bond donors (Lipinski definition) is 2. The largest absolute Gasteiger partial charge is 0.381 e. The molecule has 2 aliphatic heterocycles. The molecule has 0 spiro atoms. The quantitative estimate of drug-likeness (QED) is 0.650. The molecule has 0 bridgehead atoms. The molecule has 0 aromatic carbocycles. The normalized spacial score (nSPS) is 18.8. The van der Waals surface area contributed by atoms with E-state index in [-0.39, 0.29) is 49.0 Å². The molecule has 1 atom stereocenters. The second-order valence-corrected chi connectivity index (χ2v) is 6.64. The number of nitrogens with one attached hydrogen (secondary N) is 1. The lowest BCUT2D eigenvalue weighted by Crippen LogP contribution is -2.51. The molecule has 8 nitrogen and oxygen atoms in total. The molecule has 1 amide bonds. The molecule has 28 heavy (non-hydrogen) atoms. The van der Waals surface area contributed by atoms with Crippen LogP contribution in [0.5, 0.6) is 0 Å². The van der Waals surface area contributed by atoms with Crippen molar-refractivity contribution in [2.45, 2.75) is 18.9 Å². The standard InChI is InChI=1S/C17H28N6O2.3ClH/c18-15(14-2-12-25-13-3-14)16(24)19-6-7-22-8-10-23(11-9-22)17-20-4-1-5-21-17;;;/h1,4-5,14-15H,2-3,6-13,18H2,(H,19,24);3*1H. The summed E-state index contributed by atoms with van der Waals surface area (Å²) in [4.78, 5) is 25.3. The van der Waals surface area contributed by atoms with E-state index in [1.807, 2.05) is 6.07 Å². The number of carbonyl (C=O) groups excluding carboxylic acids is 1. The van der Waals surface area contributed by atoms with Gasteiger partial charge in [0, 0.05) is 64.9 Å². The number of nitrogens with two attached hydrogens (primary N) is 1. The summed E-state index contributed by atoms with van der Waals surface area (Å²) in [6, 6.07) is 1.41. The number of piperazine rings is 1. The highest BCUT2D eigenvalue weighted by Gasteiger charge is 2.26. The highest BCUT2D eigenvalue weighted by molar-refractivity contribution is 5.86. The van der Waals surface area contributed by atoms with Crippen molar-refractivity contribution in [3.05, 3.63) is 18.5 Å². The Morgan fingerprint density at radius 1 is 1.14 bits per heavy atom. The molecule has 1 aromatic heterocycles. The van der Waals surface area contributed by atoms with Gasteiger partial charge in [-0.25, -0.2) is 9.97 Å². The first-order valence-electron chi connectivity index (χ1n) is 9.09. The van der Waals surface area contributed by atoms with Crippen molar-refractivity contribution < 1.29 is 9.53 Å². The third kappa shape index (κ3) is 7.85. The predicted molar refractivity (Wildman–Crippen MR) is 117 cm³/mol. The van der Waals surface area contributed by atoms with E-state index in [0.717, 1.165) is 51.5 Å². The summed E-state index contributed by atoms with van der Waals surface area (Å²) in [7, 11) is 0. The first-order valence-corrected chi connectivity index (χ1v) is 9.09. The SMILES string of the molecule is Cl.Cl.Cl.NC(C(=O)NCCN1CCN(c2ncccn2)CC1)C1CCOCC1. The van der Waals surface area contributed by atoms with Gasteiger partial charge in [0.25, 0.3) is 0 Å². The Kier molecular flexibility index (Phi) is 13.7. The van der Waals surface area contributed by atoms with Crippen LogP contribution in [-0.4, -0.2) is 79.3 Å². The summed E-state index contributed by atoms with van der Waals surface area (Å²) in [5.74, 6) is 0.990. The Labute approximate surface area is 185 Å². The molecule has 0 saturated carbocycles. The van der Waals surface area contributed by atoms with Gasteiger partial charge >= 0.3 is 0 Å². The van der Waals surface area contributed by atoms with Crippen LogP contribution in [0.4, 0.5) is 5.95 Å². The van der Waals surface area contributed by atoms with E-state index in [4.69, 9.17) is 10.5 Å². The van der Waals surface area contributed by atoms with Gasteiger partial charge in [-0.15, -0.1) is 37.2 Å². The van der Waals surface area contributed by atoms with Crippen LogP contribution < -0.4 is 16.0 Å². The van der Waals surface area contributed by atoms with Crippen molar-refractivity contribution in [2.75, 3.05) is 57.4 Å². The number of nitrogens with zero attached hydrogens (tertiary/aromatic N) is 4. The summed E-state index contributed by atoms with van der Waals surface area (Å²) in [5.41, 5.74) is 6.09. The minimum atomic E-state index is -0.420. The number of carbonyl (C=O) groups is 1. The summed E-state index contributed by atoms with van der Waals surface area (Å²) in [6.45, 7) is 6.59. The molecular weight excluding hydrogens is 427 g/mol. The lowest BCUT2D eigenvalue weighted by molar-refractivity contribution is -0.124. The van der Waals surface area contributed by atoms with Crippen LogP contribution >= 0.6 is 37.2 Å². The second kappa shape index (κ2) is 14.1. The zero-order valence-electron chi connectivity index (χ0n) is 15.9. The molecule has 1 unspecified atom stereocenters. The van der Waals surface area contributed by atoms with Gasteiger partial charge in [-0.2, -0.15) is 0 Å². The van der Waals surface area contributed by atoms with E-state index < -0.39 is 6.04 Å². The number of hydrogen-bond acceptors (Lipinski definition) is 7. The third-order valence-corrected chi connectivity index (χ3v) is 5.01. The lowest BCUT2D eigenvalue weighted by Gasteiger charge is -2.34. The third-order valence-electron chi connectivity index (χ3n) is 5.01. The summed E-state index contributed by atoms with van der Waals surface area (Å²) in [5, 5.41) is 2.99. The van der Waals surface area contributed by atoms with Gasteiger partial charge in [0.05, 0.1) is 6.04 Å². The van der Waals surface area contributed by atoms with Crippen LogP contribution in [0.1, 0.15) is 12.8 Å². The zero-order chi connectivity index (χ0) is 17.5. The van der Waals surface area contributed by atoms with Gasteiger partial charge in [0.2, 0.25) is 11.9 Å². The van der Waals surface area contributed by atoms with Crippen LogP contribution in [0, 0.1) is 5.92 Å². The maximum Gasteiger partial charge on any atom is 0.237 e. The first kappa shape index (κ1) is 27.1. The summed E-state index contributed by atoms with van der Waals surface area (Å²) < 4.78 is 5.32. The van der Waals surface area contributed by atoms with Crippen molar-refractivity contribution >= 4 is 49.1 Å². The van der Waals surface area contributed by atoms with Crippen molar-refractivity contribution in [1.29, 1.82) is 0 Å². The molecular formula is C17H31Cl3N6O2. The lowest BCUT2D eigenvalue weighted by atomic mass is 9.92. The van der Waals surface area contributed by atoms with E-state index in [2.05, 4.69) is 25.1 Å². The van der Waals surface area contributed by atoms with Gasteiger partial charge < -0.3 is 20.7 Å². The van der Waals surface area contributed by atoms with Crippen LogP contribution in [-0.2, 0) is 9.53 Å². The molecule has 3 heterocycles. The smallest absolute Gasteiger partial charge is 0.237 e. The van der Waals surface area contributed by atoms with E-state index in [9.17, 15) is 4.79 Å². The number of rotatable bonds is 6. The maximum absolute atomic E-state index is 12.2. The fourth-order valence-electron chi connectivity index (χ4n) is 3.37. The molecule has 1 aromatic rings. The molecule has 11 heteroatoms. The predicted octanol–water partition coefficient (Wildman–Crippen LogP) is 0.734. The number of aromatic nitrogens is 2. The summed E-state index contributed by atoms with van der Waals surface area (Å²) >= 11 is 0. The number of anilines is 1. The van der Waals surface area contributed by atoms with E-state index >= 15 is 0 Å². The Balaban J connectivity index is 0.00000243. The zero-order valence-corrected chi connectivity index (χ0v) is 18.3. The molecule has 3 N–H and O–H groups in total. The van der Waals surface area contributed by atoms with Gasteiger partial charge in [-0.3, -0.25) is 9.69 Å². The van der Waals surface area contributed by atoms with Crippen LogP contribution in [0.15, 0.2) is 18.5 Å². The van der Waals surface area contributed by atoms with Crippen molar-refractivity contribution in [3.8, 4) is 0 Å². The average molecular weight is 458 g/mol. The average Bonchev–Trinajstić information content (AvgIpc) is 2.69. The van der Waals surface area contributed by atoms with Crippen LogP contribution in [0.25, 0.3) is 0 Å². The molecule has 3 rings (SSSR count). The fraction of sp³-hybridized carbons (Fsp3) is 0.706. The number of halogens is 3. The van der Waals surface area contributed by atoms with Gasteiger partial charge in [0.1, 0.15) is 0 Å². The van der Waals surface area contributed by atoms with Gasteiger partial charge in [-0.05, 0) is 24.8 Å². The van der Waals surface area contributed by atoms with Crippen LogP contribution in [0.3, 0.4) is 0 Å². The number of amides is 1. The molecule has 162 valence electrons. The van der Waals surface area contributed by atoms with E-state index in [0.29, 0.717) is 19.8 Å². The Morgan fingerprint density at radius 3 is 2.36 bits per heavy atom. The van der Waals surface area contributed by atoms with Crippen LogP contribution in [0.2, 0.25) is 0 Å². The topological polar surface area (TPSA) is 96.6 Å². The van der Waals surface area contributed by atoms with Crippen molar-refractivity contribution in [3.63, 3.8) is 0 Å². The maximum atomic E-state index is 12.2. The summed E-state index contributed by atoms with van der Waals surface area (Å²) in [6.07, 6.45) is 5.29. The van der Waals surface area contributed by atoms with Crippen molar-refractivity contribution in [1.82, 2.24) is 20.2 Å².